The number of ether oxygens (including phenoxy) is 2. The Balaban J connectivity index is 1.59. The average molecular weight is 391 g/mol. The zero-order chi connectivity index (χ0) is 19.8. The van der Waals surface area contributed by atoms with E-state index in [-0.39, 0.29) is 6.61 Å². The number of nitrogens with zero attached hydrogens (tertiary/aromatic N) is 2. The van der Waals surface area contributed by atoms with Gasteiger partial charge in [-0.3, -0.25) is 9.80 Å². The zero-order valence-electron chi connectivity index (χ0n) is 17.7. The van der Waals surface area contributed by atoms with Crippen molar-refractivity contribution in [2.45, 2.75) is 57.7 Å². The van der Waals surface area contributed by atoms with Gasteiger partial charge in [0.15, 0.2) is 0 Å². The molecule has 0 amide bonds. The first kappa shape index (κ1) is 21.6. The van der Waals surface area contributed by atoms with Crippen LogP contribution in [0.25, 0.3) is 0 Å². The number of aliphatic hydroxyl groups excluding tert-OH is 1. The molecule has 1 saturated carbocycles. The number of benzene rings is 1. The minimum absolute atomic E-state index is 0.278. The van der Waals surface area contributed by atoms with Gasteiger partial charge in [-0.2, -0.15) is 0 Å². The van der Waals surface area contributed by atoms with Crippen molar-refractivity contribution in [3.63, 3.8) is 0 Å². The maximum atomic E-state index is 9.60. The molecule has 1 aliphatic carbocycles. The summed E-state index contributed by atoms with van der Waals surface area (Å²) in [6.45, 7) is 6.26. The molecule has 0 unspecified atom stereocenters. The molecule has 2 fully saturated rings. The summed E-state index contributed by atoms with van der Waals surface area (Å²) in [5.41, 5.74) is 2.40. The van der Waals surface area contributed by atoms with E-state index in [0.29, 0.717) is 12.6 Å². The van der Waals surface area contributed by atoms with Gasteiger partial charge in [-0.1, -0.05) is 25.3 Å². The molecule has 1 N–H and O–H groups in total. The molecule has 5 nitrogen and oxygen atoms in total. The summed E-state index contributed by atoms with van der Waals surface area (Å²) in [7, 11) is 3.43. The number of aliphatic hydroxyl groups is 1. The van der Waals surface area contributed by atoms with E-state index < -0.39 is 0 Å². The molecular weight excluding hydrogens is 352 g/mol. The summed E-state index contributed by atoms with van der Waals surface area (Å²) in [6.07, 6.45) is 7.87. The lowest BCUT2D eigenvalue weighted by Crippen LogP contribution is -2.54. The fourth-order valence-corrected chi connectivity index (χ4v) is 4.92. The van der Waals surface area contributed by atoms with E-state index in [1.807, 2.05) is 6.07 Å². The van der Waals surface area contributed by atoms with Gasteiger partial charge in [0.1, 0.15) is 5.75 Å². The van der Waals surface area contributed by atoms with Gasteiger partial charge in [-0.25, -0.2) is 0 Å². The summed E-state index contributed by atoms with van der Waals surface area (Å²) < 4.78 is 10.8. The second-order valence-electron chi connectivity index (χ2n) is 8.48. The van der Waals surface area contributed by atoms with E-state index in [0.717, 1.165) is 49.8 Å². The van der Waals surface area contributed by atoms with Crippen LogP contribution in [0.3, 0.4) is 0 Å². The fraction of sp³-hybridized carbons (Fsp3) is 0.739. The molecule has 2 aliphatic rings. The van der Waals surface area contributed by atoms with Crippen molar-refractivity contribution in [1.29, 1.82) is 0 Å². The van der Waals surface area contributed by atoms with Crippen LogP contribution in [0.5, 0.6) is 5.75 Å². The van der Waals surface area contributed by atoms with Crippen molar-refractivity contribution in [1.82, 2.24) is 9.80 Å². The average Bonchev–Trinajstić information content (AvgIpc) is 2.71. The van der Waals surface area contributed by atoms with Crippen LogP contribution in [0.15, 0.2) is 18.2 Å². The topological polar surface area (TPSA) is 45.2 Å². The first-order valence-electron chi connectivity index (χ1n) is 11.0. The van der Waals surface area contributed by atoms with E-state index in [9.17, 15) is 5.11 Å². The molecule has 0 bridgehead atoms. The molecular formula is C23H38N2O3. The van der Waals surface area contributed by atoms with Crippen molar-refractivity contribution < 1.29 is 14.6 Å². The molecule has 1 atom stereocenters. The third kappa shape index (κ3) is 5.93. The summed E-state index contributed by atoms with van der Waals surface area (Å²) in [6, 6.07) is 6.89. The predicted molar refractivity (Wildman–Crippen MR) is 113 cm³/mol. The Morgan fingerprint density at radius 2 is 1.93 bits per heavy atom. The van der Waals surface area contributed by atoms with Crippen molar-refractivity contribution in [3.8, 4) is 5.75 Å². The number of hydrogen-bond acceptors (Lipinski definition) is 5. The normalized spacial score (nSPS) is 22.5. The third-order valence-electron chi connectivity index (χ3n) is 6.42. The molecule has 28 heavy (non-hydrogen) atoms. The third-order valence-corrected chi connectivity index (χ3v) is 6.42. The summed E-state index contributed by atoms with van der Waals surface area (Å²) in [5.74, 6) is 1.75. The number of rotatable bonds is 9. The highest BCUT2D eigenvalue weighted by Crippen LogP contribution is 2.27. The summed E-state index contributed by atoms with van der Waals surface area (Å²) >= 11 is 0. The van der Waals surface area contributed by atoms with E-state index in [1.165, 1.54) is 44.2 Å². The Hall–Kier alpha value is -1.14. The highest BCUT2D eigenvalue weighted by Gasteiger charge is 2.29. The van der Waals surface area contributed by atoms with Crippen LogP contribution >= 0.6 is 0 Å². The van der Waals surface area contributed by atoms with Gasteiger partial charge >= 0.3 is 0 Å². The number of piperazine rings is 1. The van der Waals surface area contributed by atoms with Gasteiger partial charge < -0.3 is 14.6 Å². The first-order chi connectivity index (χ1) is 13.7. The van der Waals surface area contributed by atoms with Crippen molar-refractivity contribution in [2.75, 3.05) is 47.0 Å². The maximum absolute atomic E-state index is 9.60. The van der Waals surface area contributed by atoms with Gasteiger partial charge in [0, 0.05) is 58.0 Å². The molecule has 0 radical (unpaired) electrons. The smallest absolute Gasteiger partial charge is 0.124 e. The van der Waals surface area contributed by atoms with Crippen molar-refractivity contribution in [2.24, 2.45) is 5.92 Å². The van der Waals surface area contributed by atoms with Crippen LogP contribution in [0.4, 0.5) is 0 Å². The monoisotopic (exact) mass is 390 g/mol. The van der Waals surface area contributed by atoms with Crippen LogP contribution in [-0.4, -0.2) is 68.0 Å². The largest absolute Gasteiger partial charge is 0.496 e. The van der Waals surface area contributed by atoms with Crippen LogP contribution in [0, 0.1) is 5.92 Å². The van der Waals surface area contributed by atoms with Crippen LogP contribution < -0.4 is 4.74 Å². The molecule has 0 spiro atoms. The lowest BCUT2D eigenvalue weighted by molar-refractivity contribution is 0.0400. The van der Waals surface area contributed by atoms with Crippen molar-refractivity contribution >= 4 is 0 Å². The molecule has 158 valence electrons. The highest BCUT2D eigenvalue weighted by molar-refractivity contribution is 5.37. The SMILES string of the molecule is COCc1cc(CN2CCN(CC3CCCCC3)[C@@H](CCO)C2)ccc1OC. The number of methoxy groups -OCH3 is 2. The van der Waals surface area contributed by atoms with Gasteiger partial charge in [0.25, 0.3) is 0 Å². The second-order valence-corrected chi connectivity index (χ2v) is 8.48. The summed E-state index contributed by atoms with van der Waals surface area (Å²) in [5, 5.41) is 9.60. The second kappa shape index (κ2) is 11.1. The van der Waals surface area contributed by atoms with Gasteiger partial charge in [-0.15, -0.1) is 0 Å². The molecule has 1 heterocycles. The molecule has 0 aromatic heterocycles. The molecule has 1 aromatic rings. The molecule has 1 saturated heterocycles. The van der Waals surface area contributed by atoms with Crippen LogP contribution in [-0.2, 0) is 17.9 Å². The maximum Gasteiger partial charge on any atom is 0.124 e. The van der Waals surface area contributed by atoms with E-state index in [1.54, 1.807) is 14.2 Å². The fourth-order valence-electron chi connectivity index (χ4n) is 4.92. The van der Waals surface area contributed by atoms with E-state index in [4.69, 9.17) is 9.47 Å². The summed E-state index contributed by atoms with van der Waals surface area (Å²) in [4.78, 5) is 5.20. The van der Waals surface area contributed by atoms with E-state index in [2.05, 4.69) is 21.9 Å². The van der Waals surface area contributed by atoms with E-state index >= 15 is 0 Å². The highest BCUT2D eigenvalue weighted by atomic mass is 16.5. The lowest BCUT2D eigenvalue weighted by Gasteiger charge is -2.43. The van der Waals surface area contributed by atoms with Crippen LogP contribution in [0.2, 0.25) is 0 Å². The van der Waals surface area contributed by atoms with Gasteiger partial charge in [0.05, 0.1) is 13.7 Å². The minimum Gasteiger partial charge on any atom is -0.496 e. The minimum atomic E-state index is 0.278. The van der Waals surface area contributed by atoms with Crippen LogP contribution in [0.1, 0.15) is 49.7 Å². The lowest BCUT2D eigenvalue weighted by atomic mass is 9.88. The Labute approximate surface area is 170 Å². The first-order valence-corrected chi connectivity index (χ1v) is 11.0. The van der Waals surface area contributed by atoms with Crippen molar-refractivity contribution in [3.05, 3.63) is 29.3 Å². The zero-order valence-corrected chi connectivity index (χ0v) is 17.7. The molecule has 5 heteroatoms. The Morgan fingerprint density at radius 3 is 2.64 bits per heavy atom. The Morgan fingerprint density at radius 1 is 1.11 bits per heavy atom. The Kier molecular flexibility index (Phi) is 8.59. The van der Waals surface area contributed by atoms with Gasteiger partial charge in [-0.05, 0) is 42.9 Å². The molecule has 1 aromatic carbocycles. The molecule has 1 aliphatic heterocycles. The standard InChI is InChI=1S/C23H38N2O3/c1-27-18-21-14-20(8-9-23(21)28-2)15-24-11-12-25(22(17-24)10-13-26)16-19-6-4-3-5-7-19/h8-9,14,19,22,26H,3-7,10-13,15-18H2,1-2H3/t22-/m0/s1. The predicted octanol–water partition coefficient (Wildman–Crippen LogP) is 3.29. The quantitative estimate of drug-likeness (QED) is 0.701. The van der Waals surface area contributed by atoms with Gasteiger partial charge in [0.2, 0.25) is 0 Å². The molecule has 3 rings (SSSR count). The Bertz CT molecular complexity index is 589. The number of hydrogen-bond donors (Lipinski definition) is 1.